The Morgan fingerprint density at radius 3 is 2.69 bits per heavy atom. The summed E-state index contributed by atoms with van der Waals surface area (Å²) in [5, 5.41) is 4.45. The lowest BCUT2D eigenvalue weighted by Crippen LogP contribution is -2.46. The molecule has 1 saturated heterocycles. The summed E-state index contributed by atoms with van der Waals surface area (Å²) in [5.74, 6) is -0.333. The van der Waals surface area contributed by atoms with Crippen molar-refractivity contribution in [2.24, 2.45) is 0 Å². The molecule has 2 amide bonds. The second kappa shape index (κ2) is 6.92. The van der Waals surface area contributed by atoms with Gasteiger partial charge in [-0.25, -0.2) is 4.68 Å². The van der Waals surface area contributed by atoms with Crippen LogP contribution < -0.4 is 10.9 Å². The molecule has 2 fully saturated rings. The van der Waals surface area contributed by atoms with Crippen molar-refractivity contribution in [1.29, 1.82) is 0 Å². The van der Waals surface area contributed by atoms with Gasteiger partial charge in [-0.2, -0.15) is 5.10 Å². The molecule has 1 aromatic heterocycles. The largest absolute Gasteiger partial charge is 0.368 e. The molecule has 7 nitrogen and oxygen atoms in total. The van der Waals surface area contributed by atoms with E-state index >= 15 is 0 Å². The predicted molar refractivity (Wildman–Crippen MR) is 94.9 cm³/mol. The molecule has 1 atom stereocenters. The first kappa shape index (κ1) is 16.8. The molecule has 2 N–H and O–H groups in total. The number of aromatic nitrogens is 2. The van der Waals surface area contributed by atoms with Crippen LogP contribution in [-0.2, 0) is 9.53 Å². The number of nitrogens with one attached hydrogen (secondary N) is 2. The first-order valence-electron chi connectivity index (χ1n) is 9.01. The van der Waals surface area contributed by atoms with Crippen molar-refractivity contribution >= 4 is 11.8 Å². The number of aryl methyl sites for hydroxylation is 1. The minimum absolute atomic E-state index is 0.310. The SMILES string of the molecule is Cc1ccccc1-n1ncc(C(=O)NNC(=O)C2CCCO2)c1C1CC1. The van der Waals surface area contributed by atoms with Crippen LogP contribution in [0.25, 0.3) is 5.69 Å². The molecule has 2 aromatic rings. The van der Waals surface area contributed by atoms with Crippen LogP contribution in [0.3, 0.4) is 0 Å². The van der Waals surface area contributed by atoms with Crippen molar-refractivity contribution in [1.82, 2.24) is 20.6 Å². The zero-order chi connectivity index (χ0) is 18.1. The highest BCUT2D eigenvalue weighted by atomic mass is 16.5. The molecule has 7 heteroatoms. The van der Waals surface area contributed by atoms with Gasteiger partial charge in [-0.1, -0.05) is 18.2 Å². The zero-order valence-corrected chi connectivity index (χ0v) is 14.7. The second-order valence-electron chi connectivity index (χ2n) is 6.86. The zero-order valence-electron chi connectivity index (χ0n) is 14.7. The van der Waals surface area contributed by atoms with Crippen LogP contribution in [-0.4, -0.2) is 34.3 Å². The molecule has 1 aromatic carbocycles. The van der Waals surface area contributed by atoms with Crippen LogP contribution in [0.4, 0.5) is 0 Å². The number of benzene rings is 1. The van der Waals surface area contributed by atoms with E-state index in [1.165, 1.54) is 0 Å². The number of nitrogens with zero attached hydrogens (tertiary/aromatic N) is 2. The summed E-state index contributed by atoms with van der Waals surface area (Å²) in [6.07, 6.45) is 4.72. The molecule has 1 unspecified atom stereocenters. The molecule has 4 rings (SSSR count). The molecular formula is C19H22N4O3. The summed E-state index contributed by atoms with van der Waals surface area (Å²) in [4.78, 5) is 24.6. The lowest BCUT2D eigenvalue weighted by molar-refractivity contribution is -0.130. The number of hydrogen-bond acceptors (Lipinski definition) is 4. The maximum absolute atomic E-state index is 12.6. The van der Waals surface area contributed by atoms with Crippen LogP contribution in [0.5, 0.6) is 0 Å². The second-order valence-corrected chi connectivity index (χ2v) is 6.86. The Hall–Kier alpha value is -2.67. The number of hydrogen-bond donors (Lipinski definition) is 2. The summed E-state index contributed by atoms with van der Waals surface area (Å²) in [5.41, 5.74) is 8.45. The van der Waals surface area contributed by atoms with Crippen LogP contribution in [0.1, 0.15) is 53.2 Å². The number of carbonyl (C=O) groups is 2. The average molecular weight is 354 g/mol. The molecule has 26 heavy (non-hydrogen) atoms. The Bertz CT molecular complexity index is 835. The van der Waals surface area contributed by atoms with Gasteiger partial charge in [0.25, 0.3) is 11.8 Å². The smallest absolute Gasteiger partial charge is 0.273 e. The van der Waals surface area contributed by atoms with Gasteiger partial charge in [0.2, 0.25) is 0 Å². The predicted octanol–water partition coefficient (Wildman–Crippen LogP) is 2.00. The normalized spacial score (nSPS) is 19.3. The van der Waals surface area contributed by atoms with Crippen LogP contribution in [0, 0.1) is 6.92 Å². The quantitative estimate of drug-likeness (QED) is 0.823. The van der Waals surface area contributed by atoms with Crippen LogP contribution in [0.2, 0.25) is 0 Å². The van der Waals surface area contributed by atoms with Crippen molar-refractivity contribution in [3.05, 3.63) is 47.3 Å². The molecule has 0 bridgehead atoms. The summed E-state index contributed by atoms with van der Waals surface area (Å²) in [6, 6.07) is 7.96. The van der Waals surface area contributed by atoms with Crippen LogP contribution >= 0.6 is 0 Å². The third-order valence-electron chi connectivity index (χ3n) is 4.88. The Labute approximate surface area is 151 Å². The van der Waals surface area contributed by atoms with E-state index in [0.717, 1.165) is 36.2 Å². The van der Waals surface area contributed by atoms with Gasteiger partial charge in [0.15, 0.2) is 0 Å². The third-order valence-corrected chi connectivity index (χ3v) is 4.88. The average Bonchev–Trinajstić information content (AvgIpc) is 3.16. The standard InChI is InChI=1S/C19H22N4O3/c1-12-5-2-3-6-15(12)23-17(13-8-9-13)14(11-20-23)18(24)21-22-19(25)16-7-4-10-26-16/h2-3,5-6,11,13,16H,4,7-10H2,1H3,(H,21,24)(H,22,25). The minimum Gasteiger partial charge on any atom is -0.368 e. The van der Waals surface area contributed by atoms with Crippen molar-refractivity contribution < 1.29 is 14.3 Å². The Morgan fingerprint density at radius 2 is 2.00 bits per heavy atom. The molecule has 0 spiro atoms. The van der Waals surface area contributed by atoms with E-state index in [1.807, 2.05) is 35.9 Å². The molecular weight excluding hydrogens is 332 g/mol. The van der Waals surface area contributed by atoms with E-state index in [0.29, 0.717) is 24.5 Å². The summed E-state index contributed by atoms with van der Waals surface area (Å²) in [7, 11) is 0. The van der Waals surface area contributed by atoms with Crippen molar-refractivity contribution in [3.8, 4) is 5.69 Å². The van der Waals surface area contributed by atoms with E-state index < -0.39 is 6.10 Å². The fraction of sp³-hybridized carbons (Fsp3) is 0.421. The highest BCUT2D eigenvalue weighted by Crippen LogP contribution is 2.42. The maximum atomic E-state index is 12.6. The van der Waals surface area contributed by atoms with E-state index in [-0.39, 0.29) is 11.8 Å². The number of rotatable bonds is 4. The summed E-state index contributed by atoms with van der Waals surface area (Å²) >= 11 is 0. The Kier molecular flexibility index (Phi) is 4.46. The monoisotopic (exact) mass is 354 g/mol. The van der Waals surface area contributed by atoms with Crippen molar-refractivity contribution in [2.75, 3.05) is 6.61 Å². The highest BCUT2D eigenvalue weighted by molar-refractivity contribution is 5.97. The first-order chi connectivity index (χ1) is 12.6. The number of ether oxygens (including phenoxy) is 1. The van der Waals surface area contributed by atoms with Crippen LogP contribution in [0.15, 0.2) is 30.5 Å². The number of amides is 2. The van der Waals surface area contributed by atoms with Gasteiger partial charge in [0.05, 0.1) is 23.1 Å². The number of para-hydroxylation sites is 1. The maximum Gasteiger partial charge on any atom is 0.273 e. The number of hydrazine groups is 1. The summed E-state index contributed by atoms with van der Waals surface area (Å²) < 4.78 is 7.17. The fourth-order valence-corrected chi connectivity index (χ4v) is 3.33. The first-order valence-corrected chi connectivity index (χ1v) is 9.01. The van der Waals surface area contributed by atoms with E-state index in [1.54, 1.807) is 6.20 Å². The molecule has 1 saturated carbocycles. The van der Waals surface area contributed by atoms with Gasteiger partial charge in [-0.15, -0.1) is 0 Å². The molecule has 1 aliphatic heterocycles. The van der Waals surface area contributed by atoms with Gasteiger partial charge < -0.3 is 4.74 Å². The summed E-state index contributed by atoms with van der Waals surface area (Å²) in [6.45, 7) is 2.61. The molecule has 136 valence electrons. The fourth-order valence-electron chi connectivity index (χ4n) is 3.33. The molecule has 2 aliphatic rings. The molecule has 1 aliphatic carbocycles. The van der Waals surface area contributed by atoms with E-state index in [9.17, 15) is 9.59 Å². The number of carbonyl (C=O) groups excluding carboxylic acids is 2. The van der Waals surface area contributed by atoms with Gasteiger partial charge in [0, 0.05) is 12.5 Å². The van der Waals surface area contributed by atoms with Gasteiger partial charge in [-0.3, -0.25) is 20.4 Å². The minimum atomic E-state index is -0.479. The van der Waals surface area contributed by atoms with E-state index in [4.69, 9.17) is 4.74 Å². The van der Waals surface area contributed by atoms with Gasteiger partial charge in [0.1, 0.15) is 6.10 Å². The lowest BCUT2D eigenvalue weighted by atomic mass is 10.1. The van der Waals surface area contributed by atoms with Crippen molar-refractivity contribution in [2.45, 2.75) is 44.6 Å². The lowest BCUT2D eigenvalue weighted by Gasteiger charge is -2.13. The van der Waals surface area contributed by atoms with Crippen molar-refractivity contribution in [3.63, 3.8) is 0 Å². The molecule has 0 radical (unpaired) electrons. The van der Waals surface area contributed by atoms with E-state index in [2.05, 4.69) is 16.0 Å². The Balaban J connectivity index is 1.54. The molecule has 2 heterocycles. The topological polar surface area (TPSA) is 85.3 Å². The van der Waals surface area contributed by atoms with Gasteiger partial charge >= 0.3 is 0 Å². The third kappa shape index (κ3) is 3.22. The highest BCUT2D eigenvalue weighted by Gasteiger charge is 2.33. The Morgan fingerprint density at radius 1 is 1.19 bits per heavy atom. The van der Waals surface area contributed by atoms with Gasteiger partial charge in [-0.05, 0) is 44.2 Å².